The Hall–Kier alpha value is -2.69. The van der Waals surface area contributed by atoms with Crippen LogP contribution in [0.25, 0.3) is 0 Å². The maximum atomic E-state index is 10.3. The number of carboxylic acid groups (broad SMARTS) is 1. The summed E-state index contributed by atoms with van der Waals surface area (Å²) in [7, 11) is 0. The van der Waals surface area contributed by atoms with Crippen LogP contribution in [0.3, 0.4) is 0 Å². The number of phenolic OH excluding ortho intramolecular Hbond substituents is 3. The highest BCUT2D eigenvalue weighted by Crippen LogP contribution is 2.19. The van der Waals surface area contributed by atoms with Crippen LogP contribution in [0.2, 0.25) is 0 Å². The summed E-state index contributed by atoms with van der Waals surface area (Å²) in [4.78, 5) is 10.3. The Labute approximate surface area is 103 Å². The monoisotopic (exact) mass is 248 g/mol. The predicted octanol–water partition coefficient (Wildman–Crippen LogP) is 2.19. The summed E-state index contributed by atoms with van der Waals surface area (Å²) in [5.41, 5.74) is -0.137. The first-order chi connectivity index (χ1) is 8.49. The summed E-state index contributed by atoms with van der Waals surface area (Å²) in [6, 6.07) is 11.9. The molecule has 0 radical (unpaired) electrons. The smallest absolute Gasteiger partial charge is 0.335 e. The zero-order chi connectivity index (χ0) is 13.5. The average Bonchev–Trinajstić information content (AvgIpc) is 2.29. The highest BCUT2D eigenvalue weighted by atomic mass is 16.4. The fourth-order valence-electron chi connectivity index (χ4n) is 1.15. The molecule has 0 aliphatic heterocycles. The van der Waals surface area contributed by atoms with Gasteiger partial charge in [-0.3, -0.25) is 0 Å². The van der Waals surface area contributed by atoms with Crippen LogP contribution in [0.1, 0.15) is 10.4 Å². The van der Waals surface area contributed by atoms with Gasteiger partial charge in [0.15, 0.2) is 0 Å². The van der Waals surface area contributed by atoms with Gasteiger partial charge in [0.2, 0.25) is 0 Å². The highest BCUT2D eigenvalue weighted by Gasteiger charge is 2.04. The Bertz CT molecular complexity index is 502. The van der Waals surface area contributed by atoms with Gasteiger partial charge in [0, 0.05) is 6.07 Å². The second-order valence-corrected chi connectivity index (χ2v) is 3.38. The van der Waals surface area contributed by atoms with E-state index < -0.39 is 5.97 Å². The zero-order valence-corrected chi connectivity index (χ0v) is 9.32. The van der Waals surface area contributed by atoms with Crippen molar-refractivity contribution in [1.82, 2.24) is 0 Å². The minimum absolute atomic E-state index is 0.137. The molecular formula is C13H12O5. The van der Waals surface area contributed by atoms with Crippen molar-refractivity contribution in [3.63, 3.8) is 0 Å². The number of hydrogen-bond acceptors (Lipinski definition) is 4. The molecule has 0 saturated carbocycles. The lowest BCUT2D eigenvalue weighted by atomic mass is 10.2. The molecule has 0 aromatic heterocycles. The van der Waals surface area contributed by atoms with E-state index in [-0.39, 0.29) is 17.1 Å². The molecule has 0 unspecified atom stereocenters. The fourth-order valence-corrected chi connectivity index (χ4v) is 1.15. The number of carboxylic acids is 1. The fraction of sp³-hybridized carbons (Fsp3) is 0. The molecule has 0 aliphatic carbocycles. The van der Waals surface area contributed by atoms with Crippen LogP contribution >= 0.6 is 0 Å². The van der Waals surface area contributed by atoms with Gasteiger partial charge >= 0.3 is 5.97 Å². The van der Waals surface area contributed by atoms with Gasteiger partial charge in [-0.2, -0.15) is 0 Å². The van der Waals surface area contributed by atoms with Crippen LogP contribution < -0.4 is 0 Å². The molecule has 4 N–H and O–H groups in total. The molecule has 5 nitrogen and oxygen atoms in total. The molecule has 5 heteroatoms. The molecular weight excluding hydrogens is 236 g/mol. The quantitative estimate of drug-likeness (QED) is 0.620. The van der Waals surface area contributed by atoms with E-state index in [9.17, 15) is 4.79 Å². The molecule has 0 atom stereocenters. The molecule has 0 bridgehead atoms. The van der Waals surface area contributed by atoms with Crippen LogP contribution in [0.15, 0.2) is 48.5 Å². The van der Waals surface area contributed by atoms with Crippen molar-refractivity contribution in [2.75, 3.05) is 0 Å². The maximum Gasteiger partial charge on any atom is 0.335 e. The van der Waals surface area contributed by atoms with Crippen molar-refractivity contribution in [2.45, 2.75) is 0 Å². The summed E-state index contributed by atoms with van der Waals surface area (Å²) >= 11 is 0. The summed E-state index contributed by atoms with van der Waals surface area (Å²) in [5.74, 6) is -1.39. The first kappa shape index (κ1) is 13.4. The Morgan fingerprint density at radius 2 is 1.28 bits per heavy atom. The largest absolute Gasteiger partial charge is 0.508 e. The van der Waals surface area contributed by atoms with Crippen molar-refractivity contribution in [2.24, 2.45) is 0 Å². The number of carbonyl (C=O) groups is 1. The van der Waals surface area contributed by atoms with Gasteiger partial charge in [-0.25, -0.2) is 4.79 Å². The minimum atomic E-state index is -1.18. The van der Waals surface area contributed by atoms with E-state index >= 15 is 0 Å². The van der Waals surface area contributed by atoms with Gasteiger partial charge in [-0.1, -0.05) is 18.2 Å². The number of rotatable bonds is 1. The van der Waals surface area contributed by atoms with Crippen molar-refractivity contribution in [3.8, 4) is 17.2 Å². The van der Waals surface area contributed by atoms with Gasteiger partial charge in [-0.05, 0) is 24.3 Å². The Kier molecular flexibility index (Phi) is 4.57. The Morgan fingerprint density at radius 3 is 1.61 bits per heavy atom. The number of benzene rings is 2. The number of hydrogen-bond donors (Lipinski definition) is 4. The van der Waals surface area contributed by atoms with Gasteiger partial charge in [0.25, 0.3) is 0 Å². The molecule has 2 rings (SSSR count). The van der Waals surface area contributed by atoms with Gasteiger partial charge in [0.05, 0.1) is 5.56 Å². The van der Waals surface area contributed by atoms with E-state index in [0.29, 0.717) is 5.75 Å². The molecule has 0 aliphatic rings. The molecule has 18 heavy (non-hydrogen) atoms. The first-order valence-electron chi connectivity index (χ1n) is 4.99. The lowest BCUT2D eigenvalue weighted by Crippen LogP contribution is -1.94. The summed E-state index contributed by atoms with van der Waals surface area (Å²) in [6.07, 6.45) is 0. The standard InChI is InChI=1S/C7H6O4.C6H6O/c8-5-1-4(7(10)11)2-6(9)3-5;7-6-4-2-1-3-5-6/h1-3,8-9H,(H,10,11);1-5,7H. The molecule has 2 aromatic carbocycles. The van der Waals surface area contributed by atoms with Crippen LogP contribution in [-0.4, -0.2) is 26.4 Å². The number of aromatic hydroxyl groups is 3. The van der Waals surface area contributed by atoms with E-state index in [1.807, 2.05) is 6.07 Å². The highest BCUT2D eigenvalue weighted by molar-refractivity contribution is 5.88. The molecule has 0 amide bonds. The number of aromatic carboxylic acids is 1. The van der Waals surface area contributed by atoms with Crippen molar-refractivity contribution < 1.29 is 25.2 Å². The van der Waals surface area contributed by atoms with E-state index in [4.69, 9.17) is 20.4 Å². The summed E-state index contributed by atoms with van der Waals surface area (Å²) in [5, 5.41) is 34.7. The van der Waals surface area contributed by atoms with Crippen molar-refractivity contribution in [3.05, 3.63) is 54.1 Å². The lowest BCUT2D eigenvalue weighted by Gasteiger charge is -1.96. The van der Waals surface area contributed by atoms with E-state index in [2.05, 4.69) is 0 Å². The third kappa shape index (κ3) is 4.44. The number of phenols is 3. The van der Waals surface area contributed by atoms with Crippen molar-refractivity contribution >= 4 is 5.97 Å². The first-order valence-corrected chi connectivity index (χ1v) is 4.99. The van der Waals surface area contributed by atoms with Crippen LogP contribution in [0, 0.1) is 0 Å². The predicted molar refractivity (Wildman–Crippen MR) is 64.8 cm³/mol. The zero-order valence-electron chi connectivity index (χ0n) is 9.32. The van der Waals surface area contributed by atoms with Gasteiger partial charge in [-0.15, -0.1) is 0 Å². The van der Waals surface area contributed by atoms with E-state index in [0.717, 1.165) is 18.2 Å². The molecule has 0 spiro atoms. The minimum Gasteiger partial charge on any atom is -0.508 e. The van der Waals surface area contributed by atoms with Gasteiger partial charge in [0.1, 0.15) is 17.2 Å². The summed E-state index contributed by atoms with van der Waals surface area (Å²) < 4.78 is 0. The Morgan fingerprint density at radius 1 is 0.778 bits per heavy atom. The van der Waals surface area contributed by atoms with E-state index in [1.165, 1.54) is 0 Å². The molecule has 0 saturated heterocycles. The second kappa shape index (κ2) is 6.15. The van der Waals surface area contributed by atoms with Crippen LogP contribution in [-0.2, 0) is 0 Å². The SMILES string of the molecule is O=C(O)c1cc(O)cc(O)c1.Oc1ccccc1. The Balaban J connectivity index is 0.000000199. The normalized spacial score (nSPS) is 9.11. The van der Waals surface area contributed by atoms with E-state index in [1.54, 1.807) is 24.3 Å². The molecule has 94 valence electrons. The second-order valence-electron chi connectivity index (χ2n) is 3.38. The van der Waals surface area contributed by atoms with Crippen LogP contribution in [0.4, 0.5) is 0 Å². The molecule has 0 fully saturated rings. The third-order valence-electron chi connectivity index (χ3n) is 1.91. The summed E-state index contributed by atoms with van der Waals surface area (Å²) in [6.45, 7) is 0. The molecule has 0 heterocycles. The topological polar surface area (TPSA) is 98.0 Å². The van der Waals surface area contributed by atoms with Crippen molar-refractivity contribution in [1.29, 1.82) is 0 Å². The van der Waals surface area contributed by atoms with Gasteiger partial charge < -0.3 is 20.4 Å². The maximum absolute atomic E-state index is 10.3. The van der Waals surface area contributed by atoms with Crippen LogP contribution in [0.5, 0.6) is 17.2 Å². The number of para-hydroxylation sites is 1. The molecule has 2 aromatic rings. The third-order valence-corrected chi connectivity index (χ3v) is 1.91. The lowest BCUT2D eigenvalue weighted by molar-refractivity contribution is 0.0696. The average molecular weight is 248 g/mol.